The fraction of sp³-hybridized carbons (Fsp3) is 0.294. The Balaban J connectivity index is 1.68. The molecule has 1 atom stereocenters. The predicted octanol–water partition coefficient (Wildman–Crippen LogP) is 3.44. The predicted molar refractivity (Wildman–Crippen MR) is 84.2 cm³/mol. The summed E-state index contributed by atoms with van der Waals surface area (Å²) in [5, 5.41) is 2.85. The molecule has 6 heteroatoms. The van der Waals surface area contributed by atoms with Crippen molar-refractivity contribution < 1.29 is 18.7 Å². The van der Waals surface area contributed by atoms with E-state index in [9.17, 15) is 9.59 Å². The van der Waals surface area contributed by atoms with E-state index in [4.69, 9.17) is 4.42 Å². The molecular formula is C17H18N2O4. The smallest absolute Gasteiger partial charge is 0.337 e. The van der Waals surface area contributed by atoms with Gasteiger partial charge in [-0.25, -0.2) is 9.59 Å². The molecule has 0 radical (unpaired) electrons. The van der Waals surface area contributed by atoms with Crippen LogP contribution in [0.1, 0.15) is 35.0 Å². The quantitative estimate of drug-likeness (QED) is 0.881. The summed E-state index contributed by atoms with van der Waals surface area (Å²) in [5.74, 6) is 0.402. The normalized spacial score (nSPS) is 17.1. The molecule has 1 aromatic carbocycles. The van der Waals surface area contributed by atoms with Crippen LogP contribution in [0.5, 0.6) is 0 Å². The summed E-state index contributed by atoms with van der Waals surface area (Å²) >= 11 is 0. The molecule has 1 saturated heterocycles. The minimum absolute atomic E-state index is 0.0284. The van der Waals surface area contributed by atoms with E-state index in [0.29, 0.717) is 17.8 Å². The van der Waals surface area contributed by atoms with Gasteiger partial charge in [0.2, 0.25) is 0 Å². The SMILES string of the molecule is COC(=O)c1ccc(NC(=O)N2CCCC2c2ccco2)cc1. The van der Waals surface area contributed by atoms with Gasteiger partial charge in [0.15, 0.2) is 0 Å². The van der Waals surface area contributed by atoms with Crippen molar-refractivity contribution in [3.63, 3.8) is 0 Å². The molecule has 1 aliphatic rings. The first-order valence-electron chi connectivity index (χ1n) is 7.48. The monoisotopic (exact) mass is 314 g/mol. The lowest BCUT2D eigenvalue weighted by molar-refractivity contribution is 0.0601. The topological polar surface area (TPSA) is 71.8 Å². The van der Waals surface area contributed by atoms with Crippen LogP contribution in [0.25, 0.3) is 0 Å². The molecule has 1 N–H and O–H groups in total. The molecule has 0 spiro atoms. The highest BCUT2D eigenvalue weighted by atomic mass is 16.5. The number of esters is 1. The molecule has 1 aromatic heterocycles. The van der Waals surface area contributed by atoms with Gasteiger partial charge in [-0.05, 0) is 49.2 Å². The Labute approximate surface area is 134 Å². The number of nitrogens with zero attached hydrogens (tertiary/aromatic N) is 1. The van der Waals surface area contributed by atoms with Gasteiger partial charge in [0, 0.05) is 12.2 Å². The number of urea groups is 1. The first-order chi connectivity index (χ1) is 11.2. The van der Waals surface area contributed by atoms with Crippen LogP contribution in [0.4, 0.5) is 10.5 Å². The zero-order valence-electron chi connectivity index (χ0n) is 12.8. The van der Waals surface area contributed by atoms with Crippen LogP contribution in [-0.4, -0.2) is 30.6 Å². The molecule has 1 unspecified atom stereocenters. The fourth-order valence-electron chi connectivity index (χ4n) is 2.79. The minimum atomic E-state index is -0.402. The Morgan fingerprint density at radius 2 is 2.04 bits per heavy atom. The van der Waals surface area contributed by atoms with E-state index in [0.717, 1.165) is 18.6 Å². The first-order valence-corrected chi connectivity index (χ1v) is 7.48. The van der Waals surface area contributed by atoms with Crippen LogP contribution < -0.4 is 5.32 Å². The van der Waals surface area contributed by atoms with Crippen molar-refractivity contribution in [1.82, 2.24) is 4.90 Å². The summed E-state index contributed by atoms with van der Waals surface area (Å²) < 4.78 is 10.1. The van der Waals surface area contributed by atoms with E-state index >= 15 is 0 Å². The van der Waals surface area contributed by atoms with Crippen LogP contribution in [0.3, 0.4) is 0 Å². The van der Waals surface area contributed by atoms with Crippen LogP contribution in [0.15, 0.2) is 47.1 Å². The van der Waals surface area contributed by atoms with Gasteiger partial charge >= 0.3 is 12.0 Å². The molecule has 0 bridgehead atoms. The molecule has 120 valence electrons. The van der Waals surface area contributed by atoms with Gasteiger partial charge in [0.25, 0.3) is 0 Å². The number of ether oxygens (including phenoxy) is 1. The lowest BCUT2D eigenvalue weighted by Crippen LogP contribution is -2.34. The lowest BCUT2D eigenvalue weighted by Gasteiger charge is -2.23. The van der Waals surface area contributed by atoms with Crippen LogP contribution >= 0.6 is 0 Å². The first kappa shape index (κ1) is 15.1. The van der Waals surface area contributed by atoms with Gasteiger partial charge in [-0.3, -0.25) is 0 Å². The summed E-state index contributed by atoms with van der Waals surface area (Å²) in [7, 11) is 1.33. The van der Waals surface area contributed by atoms with Gasteiger partial charge in [-0.1, -0.05) is 0 Å². The number of hydrogen-bond acceptors (Lipinski definition) is 4. The standard InChI is InChI=1S/C17H18N2O4/c1-22-16(20)12-6-8-13(9-7-12)18-17(21)19-10-2-4-14(19)15-5-3-11-23-15/h3,5-9,11,14H,2,4,10H2,1H3,(H,18,21). The lowest BCUT2D eigenvalue weighted by atomic mass is 10.2. The number of carbonyl (C=O) groups is 2. The van der Waals surface area contributed by atoms with Crippen molar-refractivity contribution in [1.29, 1.82) is 0 Å². The summed E-state index contributed by atoms with van der Waals surface area (Å²) in [6, 6.07) is 10.1. The Morgan fingerprint density at radius 3 is 2.70 bits per heavy atom. The molecular weight excluding hydrogens is 296 g/mol. The van der Waals surface area contributed by atoms with Crippen LogP contribution in [0.2, 0.25) is 0 Å². The molecule has 0 aliphatic carbocycles. The second kappa shape index (κ2) is 6.56. The summed E-state index contributed by atoms with van der Waals surface area (Å²) in [6.45, 7) is 0.692. The number of carbonyl (C=O) groups excluding carboxylic acids is 2. The van der Waals surface area contributed by atoms with Crippen molar-refractivity contribution >= 4 is 17.7 Å². The van der Waals surface area contributed by atoms with E-state index in [1.54, 1.807) is 35.4 Å². The van der Waals surface area contributed by atoms with Crippen LogP contribution in [0, 0.1) is 0 Å². The van der Waals surface area contributed by atoms with E-state index in [-0.39, 0.29) is 12.1 Å². The second-order valence-corrected chi connectivity index (χ2v) is 5.37. The number of likely N-dealkylation sites (tertiary alicyclic amines) is 1. The maximum Gasteiger partial charge on any atom is 0.337 e. The number of methoxy groups -OCH3 is 1. The molecule has 3 rings (SSSR count). The third kappa shape index (κ3) is 3.21. The second-order valence-electron chi connectivity index (χ2n) is 5.37. The van der Waals surface area contributed by atoms with E-state index in [1.807, 2.05) is 12.1 Å². The van der Waals surface area contributed by atoms with Gasteiger partial charge < -0.3 is 19.4 Å². The van der Waals surface area contributed by atoms with E-state index in [2.05, 4.69) is 10.1 Å². The molecule has 2 aromatic rings. The van der Waals surface area contributed by atoms with Gasteiger partial charge in [-0.15, -0.1) is 0 Å². The average molecular weight is 314 g/mol. The van der Waals surface area contributed by atoms with Gasteiger partial charge in [-0.2, -0.15) is 0 Å². The van der Waals surface area contributed by atoms with Crippen molar-refractivity contribution in [2.75, 3.05) is 19.0 Å². The van der Waals surface area contributed by atoms with Gasteiger partial charge in [0.1, 0.15) is 5.76 Å². The number of amides is 2. The molecule has 0 saturated carbocycles. The van der Waals surface area contributed by atoms with E-state index in [1.165, 1.54) is 7.11 Å². The number of nitrogens with one attached hydrogen (secondary N) is 1. The summed E-state index contributed by atoms with van der Waals surface area (Å²) in [6.07, 6.45) is 3.46. The molecule has 2 amide bonds. The fourth-order valence-corrected chi connectivity index (χ4v) is 2.79. The Morgan fingerprint density at radius 1 is 1.26 bits per heavy atom. The number of rotatable bonds is 3. The molecule has 23 heavy (non-hydrogen) atoms. The molecule has 1 fully saturated rings. The van der Waals surface area contributed by atoms with Crippen molar-refractivity contribution in [2.45, 2.75) is 18.9 Å². The third-order valence-electron chi connectivity index (χ3n) is 3.94. The molecule has 2 heterocycles. The largest absolute Gasteiger partial charge is 0.467 e. The maximum absolute atomic E-state index is 12.5. The highest BCUT2D eigenvalue weighted by Crippen LogP contribution is 2.32. The zero-order chi connectivity index (χ0) is 16.2. The van der Waals surface area contributed by atoms with Crippen molar-refractivity contribution in [3.8, 4) is 0 Å². The van der Waals surface area contributed by atoms with Crippen LogP contribution in [-0.2, 0) is 4.74 Å². The average Bonchev–Trinajstić information content (AvgIpc) is 3.25. The zero-order valence-corrected chi connectivity index (χ0v) is 12.8. The highest BCUT2D eigenvalue weighted by Gasteiger charge is 2.31. The minimum Gasteiger partial charge on any atom is -0.467 e. The summed E-state index contributed by atoms with van der Waals surface area (Å²) in [5.41, 5.74) is 1.08. The number of anilines is 1. The Kier molecular flexibility index (Phi) is 4.32. The summed E-state index contributed by atoms with van der Waals surface area (Å²) in [4.78, 5) is 25.6. The molecule has 1 aliphatic heterocycles. The van der Waals surface area contributed by atoms with Crippen molar-refractivity contribution in [2.24, 2.45) is 0 Å². The van der Waals surface area contributed by atoms with Crippen molar-refractivity contribution in [3.05, 3.63) is 54.0 Å². The maximum atomic E-state index is 12.5. The third-order valence-corrected chi connectivity index (χ3v) is 3.94. The number of benzene rings is 1. The Hall–Kier alpha value is -2.76. The highest BCUT2D eigenvalue weighted by molar-refractivity contribution is 5.92. The number of hydrogen-bond donors (Lipinski definition) is 1. The molecule has 6 nitrogen and oxygen atoms in total. The number of furan rings is 1. The Bertz CT molecular complexity index is 679. The van der Waals surface area contributed by atoms with E-state index < -0.39 is 5.97 Å². The van der Waals surface area contributed by atoms with Gasteiger partial charge in [0.05, 0.1) is 25.0 Å².